The lowest BCUT2D eigenvalue weighted by Crippen LogP contribution is -2.39. The Morgan fingerprint density at radius 2 is 2.13 bits per heavy atom. The molecule has 2 aromatic carbocycles. The molecular weight excluding hydrogens is 360 g/mol. The number of hydrogen-bond acceptors (Lipinski definition) is 3. The number of nitrogens with zero attached hydrogens (tertiary/aromatic N) is 1. The first-order valence-electron chi connectivity index (χ1n) is 7.29. The summed E-state index contributed by atoms with van der Waals surface area (Å²) < 4.78 is 0.903. The smallest absolute Gasteiger partial charge is 0.259 e. The van der Waals surface area contributed by atoms with Crippen LogP contribution in [-0.4, -0.2) is 31.2 Å². The van der Waals surface area contributed by atoms with Gasteiger partial charge in [-0.2, -0.15) is 0 Å². The molecule has 0 saturated heterocycles. The van der Waals surface area contributed by atoms with Crippen LogP contribution in [0.3, 0.4) is 0 Å². The van der Waals surface area contributed by atoms with E-state index in [-0.39, 0.29) is 18.2 Å². The van der Waals surface area contributed by atoms with E-state index < -0.39 is 6.04 Å². The van der Waals surface area contributed by atoms with Crippen molar-refractivity contribution in [2.24, 2.45) is 0 Å². The van der Waals surface area contributed by atoms with Crippen LogP contribution in [0.5, 0.6) is 0 Å². The molecule has 0 bridgehead atoms. The molecule has 1 aliphatic heterocycles. The molecule has 2 amide bonds. The van der Waals surface area contributed by atoms with E-state index in [9.17, 15) is 14.4 Å². The Balaban J connectivity index is 2.03. The molecule has 23 heavy (non-hydrogen) atoms. The van der Waals surface area contributed by atoms with Gasteiger partial charge in [0.25, 0.3) is 5.91 Å². The van der Waals surface area contributed by atoms with Gasteiger partial charge in [0.1, 0.15) is 6.29 Å². The van der Waals surface area contributed by atoms with Crippen molar-refractivity contribution in [3.05, 3.63) is 40.4 Å². The van der Waals surface area contributed by atoms with Crippen molar-refractivity contribution in [1.29, 1.82) is 0 Å². The minimum absolute atomic E-state index is 0.151. The Kier molecular flexibility index (Phi) is 4.17. The predicted octanol–water partition coefficient (Wildman–Crippen LogP) is 2.66. The number of nitrogens with one attached hydrogen (secondary N) is 1. The first-order valence-corrected chi connectivity index (χ1v) is 8.08. The molecule has 1 atom stereocenters. The van der Waals surface area contributed by atoms with Crippen molar-refractivity contribution in [3.63, 3.8) is 0 Å². The van der Waals surface area contributed by atoms with Gasteiger partial charge < -0.3 is 10.1 Å². The molecule has 0 saturated carbocycles. The summed E-state index contributed by atoms with van der Waals surface area (Å²) in [5, 5.41) is 4.31. The van der Waals surface area contributed by atoms with Crippen molar-refractivity contribution in [3.8, 4) is 0 Å². The van der Waals surface area contributed by atoms with Crippen LogP contribution in [0.1, 0.15) is 23.2 Å². The monoisotopic (exact) mass is 374 g/mol. The van der Waals surface area contributed by atoms with Crippen LogP contribution in [0.4, 0.5) is 5.69 Å². The van der Waals surface area contributed by atoms with Gasteiger partial charge in [-0.25, -0.2) is 0 Å². The maximum Gasteiger partial charge on any atom is 0.259 e. The van der Waals surface area contributed by atoms with E-state index in [2.05, 4.69) is 21.2 Å². The molecule has 0 spiro atoms. The fourth-order valence-corrected chi connectivity index (χ4v) is 3.42. The highest BCUT2D eigenvalue weighted by Gasteiger charge is 2.35. The molecule has 1 unspecified atom stereocenters. The maximum atomic E-state index is 12.8. The van der Waals surface area contributed by atoms with Gasteiger partial charge in [-0.05, 0) is 30.0 Å². The summed E-state index contributed by atoms with van der Waals surface area (Å²) >= 11 is 3.49. The standard InChI is InChI=1S/C17H15BrN2O3/c1-19-15(22)8-5-10(9-21)20-14-7-6-13(18)11-3-2-4-12(16(11)14)17(20)23/h2-4,6-7,9-10H,5,8H2,1H3,(H,19,22). The van der Waals surface area contributed by atoms with Gasteiger partial charge in [0.15, 0.2) is 0 Å². The third-order valence-electron chi connectivity index (χ3n) is 4.11. The van der Waals surface area contributed by atoms with E-state index in [1.54, 1.807) is 13.1 Å². The second-order valence-corrected chi connectivity index (χ2v) is 6.24. The first kappa shape index (κ1) is 15.7. The summed E-state index contributed by atoms with van der Waals surface area (Å²) in [5.74, 6) is -0.348. The van der Waals surface area contributed by atoms with Crippen LogP contribution < -0.4 is 10.2 Å². The number of rotatable bonds is 5. The van der Waals surface area contributed by atoms with Gasteiger partial charge >= 0.3 is 0 Å². The zero-order valence-corrected chi connectivity index (χ0v) is 14.1. The number of anilines is 1. The van der Waals surface area contributed by atoms with E-state index in [4.69, 9.17) is 0 Å². The van der Waals surface area contributed by atoms with Gasteiger partial charge in [-0.15, -0.1) is 0 Å². The Morgan fingerprint density at radius 3 is 2.83 bits per heavy atom. The number of halogens is 1. The summed E-state index contributed by atoms with van der Waals surface area (Å²) in [7, 11) is 1.55. The highest BCUT2D eigenvalue weighted by Crippen LogP contribution is 2.41. The zero-order valence-electron chi connectivity index (χ0n) is 12.5. The minimum Gasteiger partial charge on any atom is -0.359 e. The highest BCUT2D eigenvalue weighted by molar-refractivity contribution is 9.10. The van der Waals surface area contributed by atoms with E-state index in [1.165, 1.54) is 4.90 Å². The summed E-state index contributed by atoms with van der Waals surface area (Å²) in [6, 6.07) is 8.57. The van der Waals surface area contributed by atoms with Crippen LogP contribution in [0.15, 0.2) is 34.8 Å². The number of benzene rings is 2. The van der Waals surface area contributed by atoms with E-state index in [0.717, 1.165) is 27.2 Å². The molecule has 1 aliphatic rings. The molecule has 0 aromatic heterocycles. The summed E-state index contributed by atoms with van der Waals surface area (Å²) in [4.78, 5) is 37.2. The third kappa shape index (κ3) is 2.53. The van der Waals surface area contributed by atoms with E-state index in [1.807, 2.05) is 24.3 Å². The molecule has 1 heterocycles. The van der Waals surface area contributed by atoms with Gasteiger partial charge in [-0.3, -0.25) is 14.5 Å². The van der Waals surface area contributed by atoms with Crippen molar-refractivity contribution in [2.75, 3.05) is 11.9 Å². The lowest BCUT2D eigenvalue weighted by atomic mass is 10.1. The SMILES string of the molecule is CNC(=O)CCC(C=O)N1C(=O)c2cccc3c(Br)ccc1c23. The van der Waals surface area contributed by atoms with Crippen molar-refractivity contribution < 1.29 is 14.4 Å². The van der Waals surface area contributed by atoms with Crippen molar-refractivity contribution >= 4 is 50.5 Å². The summed E-state index contributed by atoms with van der Waals surface area (Å²) in [5.41, 5.74) is 1.31. The Morgan fingerprint density at radius 1 is 1.35 bits per heavy atom. The second-order valence-electron chi connectivity index (χ2n) is 5.39. The summed E-state index contributed by atoms with van der Waals surface area (Å²) in [6.07, 6.45) is 1.22. The second kappa shape index (κ2) is 6.12. The molecular formula is C17H15BrN2O3. The average Bonchev–Trinajstić information content (AvgIpc) is 2.86. The lowest BCUT2D eigenvalue weighted by molar-refractivity contribution is -0.120. The van der Waals surface area contributed by atoms with Gasteiger partial charge in [0, 0.05) is 28.9 Å². The minimum atomic E-state index is -0.656. The number of amides is 2. The van der Waals surface area contributed by atoms with E-state index in [0.29, 0.717) is 12.0 Å². The lowest BCUT2D eigenvalue weighted by Gasteiger charge is -2.24. The zero-order chi connectivity index (χ0) is 16.6. The number of hydrogen-bond donors (Lipinski definition) is 1. The molecule has 2 aromatic rings. The fraction of sp³-hybridized carbons (Fsp3) is 0.235. The van der Waals surface area contributed by atoms with Crippen molar-refractivity contribution in [2.45, 2.75) is 18.9 Å². The number of aldehydes is 1. The van der Waals surface area contributed by atoms with Gasteiger partial charge in [0.05, 0.1) is 11.7 Å². The summed E-state index contributed by atoms with van der Waals surface area (Å²) in [6.45, 7) is 0. The van der Waals surface area contributed by atoms with E-state index >= 15 is 0 Å². The van der Waals surface area contributed by atoms with Crippen LogP contribution in [0, 0.1) is 0 Å². The van der Waals surface area contributed by atoms with Crippen LogP contribution in [0.25, 0.3) is 10.8 Å². The molecule has 1 N–H and O–H groups in total. The number of carbonyl (C=O) groups excluding carboxylic acids is 3. The van der Waals surface area contributed by atoms with Gasteiger partial charge in [-0.1, -0.05) is 28.1 Å². The molecule has 0 radical (unpaired) electrons. The predicted molar refractivity (Wildman–Crippen MR) is 91.6 cm³/mol. The highest BCUT2D eigenvalue weighted by atomic mass is 79.9. The Bertz CT molecular complexity index is 819. The van der Waals surface area contributed by atoms with Gasteiger partial charge in [0.2, 0.25) is 5.91 Å². The Labute approximate surface area is 141 Å². The number of carbonyl (C=O) groups is 3. The molecule has 0 fully saturated rings. The van der Waals surface area contributed by atoms with Crippen molar-refractivity contribution in [1.82, 2.24) is 5.32 Å². The molecule has 118 valence electrons. The molecule has 6 heteroatoms. The molecule has 0 aliphatic carbocycles. The molecule has 5 nitrogen and oxygen atoms in total. The normalized spacial score (nSPS) is 14.2. The third-order valence-corrected chi connectivity index (χ3v) is 4.80. The average molecular weight is 375 g/mol. The topological polar surface area (TPSA) is 66.5 Å². The first-order chi connectivity index (χ1) is 11.1. The van der Waals surface area contributed by atoms with Crippen LogP contribution >= 0.6 is 15.9 Å². The maximum absolute atomic E-state index is 12.8. The fourth-order valence-electron chi connectivity index (χ4n) is 2.96. The van der Waals surface area contributed by atoms with Crippen LogP contribution in [-0.2, 0) is 9.59 Å². The van der Waals surface area contributed by atoms with Crippen LogP contribution in [0.2, 0.25) is 0 Å². The quantitative estimate of drug-likeness (QED) is 0.818. The molecule has 3 rings (SSSR count). The largest absolute Gasteiger partial charge is 0.359 e. The Hall–Kier alpha value is -2.21.